The first-order chi connectivity index (χ1) is 10.7. The number of carbonyl (C=O) groups excluding carboxylic acids is 2. The molecule has 2 amide bonds. The van der Waals surface area contributed by atoms with Crippen LogP contribution in [0.5, 0.6) is 0 Å². The second kappa shape index (κ2) is 7.61. The molecular weight excluding hydrogens is 282 g/mol. The standard InChI is InChI=1S/C16H21N3O3/c1-2-12(10-20)19-16(22)15(21)17-8-7-11-9-18-14-6-4-3-5-13(11)14/h3-6,9,12,18,20H,2,7-8,10H2,1H3,(H,17,21)(H,19,22). The fraction of sp³-hybridized carbons (Fsp3) is 0.375. The normalized spacial score (nSPS) is 12.1. The van der Waals surface area contributed by atoms with Gasteiger partial charge in [-0.25, -0.2) is 0 Å². The molecule has 0 spiro atoms. The van der Waals surface area contributed by atoms with Crippen molar-refractivity contribution in [3.8, 4) is 0 Å². The zero-order chi connectivity index (χ0) is 15.9. The van der Waals surface area contributed by atoms with Gasteiger partial charge in [-0.1, -0.05) is 25.1 Å². The molecule has 1 aromatic carbocycles. The summed E-state index contributed by atoms with van der Waals surface area (Å²) in [5, 5.41) is 15.2. The number of para-hydroxylation sites is 1. The van der Waals surface area contributed by atoms with E-state index in [1.807, 2.05) is 37.4 Å². The van der Waals surface area contributed by atoms with E-state index in [2.05, 4.69) is 15.6 Å². The van der Waals surface area contributed by atoms with Gasteiger partial charge in [0.25, 0.3) is 0 Å². The van der Waals surface area contributed by atoms with Crippen molar-refractivity contribution in [3.05, 3.63) is 36.0 Å². The summed E-state index contributed by atoms with van der Waals surface area (Å²) in [5.41, 5.74) is 2.15. The molecule has 6 nitrogen and oxygen atoms in total. The Hall–Kier alpha value is -2.34. The lowest BCUT2D eigenvalue weighted by Crippen LogP contribution is -2.46. The second-order valence-electron chi connectivity index (χ2n) is 5.13. The van der Waals surface area contributed by atoms with E-state index in [0.717, 1.165) is 16.5 Å². The number of hydrogen-bond donors (Lipinski definition) is 4. The van der Waals surface area contributed by atoms with Crippen molar-refractivity contribution in [2.24, 2.45) is 0 Å². The number of carbonyl (C=O) groups is 2. The van der Waals surface area contributed by atoms with Crippen molar-refractivity contribution < 1.29 is 14.7 Å². The van der Waals surface area contributed by atoms with Crippen LogP contribution in [0.1, 0.15) is 18.9 Å². The van der Waals surface area contributed by atoms with Crippen molar-refractivity contribution in [1.29, 1.82) is 0 Å². The molecule has 0 radical (unpaired) electrons. The summed E-state index contributed by atoms with van der Waals surface area (Å²) in [6.07, 6.45) is 3.13. The van der Waals surface area contributed by atoms with E-state index < -0.39 is 11.8 Å². The Morgan fingerprint density at radius 2 is 2.05 bits per heavy atom. The van der Waals surface area contributed by atoms with Crippen molar-refractivity contribution in [3.63, 3.8) is 0 Å². The maximum absolute atomic E-state index is 11.7. The molecule has 0 fully saturated rings. The minimum Gasteiger partial charge on any atom is -0.394 e. The first kappa shape index (κ1) is 16.0. The summed E-state index contributed by atoms with van der Waals surface area (Å²) in [4.78, 5) is 26.5. The highest BCUT2D eigenvalue weighted by Crippen LogP contribution is 2.17. The van der Waals surface area contributed by atoms with Gasteiger partial charge in [0.05, 0.1) is 12.6 Å². The van der Waals surface area contributed by atoms with E-state index in [4.69, 9.17) is 5.11 Å². The summed E-state index contributed by atoms with van der Waals surface area (Å²) < 4.78 is 0. The number of nitrogens with one attached hydrogen (secondary N) is 3. The Morgan fingerprint density at radius 3 is 2.77 bits per heavy atom. The number of rotatable bonds is 6. The van der Waals surface area contributed by atoms with Gasteiger partial charge in [-0.05, 0) is 24.5 Å². The maximum atomic E-state index is 11.7. The van der Waals surface area contributed by atoms with Crippen molar-refractivity contribution in [2.45, 2.75) is 25.8 Å². The molecule has 0 saturated carbocycles. The van der Waals surface area contributed by atoms with Crippen LogP contribution >= 0.6 is 0 Å². The average molecular weight is 303 g/mol. The molecule has 22 heavy (non-hydrogen) atoms. The fourth-order valence-electron chi connectivity index (χ4n) is 2.26. The van der Waals surface area contributed by atoms with E-state index in [9.17, 15) is 9.59 Å². The Balaban J connectivity index is 1.83. The molecule has 0 bridgehead atoms. The number of fused-ring (bicyclic) bond motifs is 1. The fourth-order valence-corrected chi connectivity index (χ4v) is 2.26. The van der Waals surface area contributed by atoms with Gasteiger partial charge in [0, 0.05) is 23.6 Å². The molecule has 1 heterocycles. The van der Waals surface area contributed by atoms with Gasteiger partial charge >= 0.3 is 11.8 Å². The van der Waals surface area contributed by atoms with Crippen molar-refractivity contribution >= 4 is 22.7 Å². The molecule has 1 atom stereocenters. The molecule has 0 saturated heterocycles. The summed E-state index contributed by atoms with van der Waals surface area (Å²) >= 11 is 0. The highest BCUT2D eigenvalue weighted by atomic mass is 16.3. The van der Waals surface area contributed by atoms with E-state index in [-0.39, 0.29) is 12.6 Å². The molecule has 4 N–H and O–H groups in total. The SMILES string of the molecule is CCC(CO)NC(=O)C(=O)NCCc1c[nH]c2ccccc12. The smallest absolute Gasteiger partial charge is 0.309 e. The number of benzene rings is 1. The Labute approximate surface area is 128 Å². The van der Waals surface area contributed by atoms with Gasteiger partial charge in [-0.15, -0.1) is 0 Å². The van der Waals surface area contributed by atoms with Gasteiger partial charge in [-0.2, -0.15) is 0 Å². The van der Waals surface area contributed by atoms with Gasteiger partial charge in [0.1, 0.15) is 0 Å². The predicted molar refractivity (Wildman–Crippen MR) is 84.3 cm³/mol. The molecule has 1 aromatic heterocycles. The van der Waals surface area contributed by atoms with Crippen molar-refractivity contribution in [2.75, 3.05) is 13.2 Å². The largest absolute Gasteiger partial charge is 0.394 e. The molecule has 0 aliphatic rings. The highest BCUT2D eigenvalue weighted by Gasteiger charge is 2.16. The van der Waals surface area contributed by atoms with Crippen LogP contribution in [-0.2, 0) is 16.0 Å². The lowest BCUT2D eigenvalue weighted by atomic mass is 10.1. The van der Waals surface area contributed by atoms with Crippen LogP contribution in [0.25, 0.3) is 10.9 Å². The van der Waals surface area contributed by atoms with Crippen LogP contribution in [0.15, 0.2) is 30.5 Å². The first-order valence-electron chi connectivity index (χ1n) is 7.40. The number of aliphatic hydroxyl groups excluding tert-OH is 1. The minimum atomic E-state index is -0.708. The minimum absolute atomic E-state index is 0.176. The topological polar surface area (TPSA) is 94.2 Å². The Bertz CT molecular complexity index is 647. The predicted octanol–water partition coefficient (Wildman–Crippen LogP) is 0.714. The van der Waals surface area contributed by atoms with Crippen LogP contribution in [-0.4, -0.2) is 41.1 Å². The molecule has 118 valence electrons. The van der Waals surface area contributed by atoms with Gasteiger partial charge in [0.15, 0.2) is 0 Å². The number of aromatic amines is 1. The van der Waals surface area contributed by atoms with Crippen LogP contribution in [0.3, 0.4) is 0 Å². The second-order valence-corrected chi connectivity index (χ2v) is 5.13. The van der Waals surface area contributed by atoms with Crippen molar-refractivity contribution in [1.82, 2.24) is 15.6 Å². The molecule has 0 aliphatic heterocycles. The third-order valence-corrected chi connectivity index (χ3v) is 3.61. The number of amides is 2. The van der Waals surface area contributed by atoms with E-state index in [0.29, 0.717) is 19.4 Å². The van der Waals surface area contributed by atoms with Crippen LogP contribution < -0.4 is 10.6 Å². The first-order valence-corrected chi connectivity index (χ1v) is 7.40. The number of hydrogen-bond acceptors (Lipinski definition) is 3. The summed E-state index contributed by atoms with van der Waals surface area (Å²) in [7, 11) is 0. The Morgan fingerprint density at radius 1 is 1.27 bits per heavy atom. The number of aromatic nitrogens is 1. The molecule has 6 heteroatoms. The van der Waals surface area contributed by atoms with E-state index in [1.54, 1.807) is 0 Å². The van der Waals surface area contributed by atoms with Crippen LogP contribution in [0, 0.1) is 0 Å². The lowest BCUT2D eigenvalue weighted by Gasteiger charge is -2.13. The Kier molecular flexibility index (Phi) is 5.55. The molecule has 2 rings (SSSR count). The van der Waals surface area contributed by atoms with Crippen LogP contribution in [0.4, 0.5) is 0 Å². The monoisotopic (exact) mass is 303 g/mol. The third kappa shape index (κ3) is 3.85. The van der Waals surface area contributed by atoms with Gasteiger partial charge < -0.3 is 20.7 Å². The third-order valence-electron chi connectivity index (χ3n) is 3.61. The van der Waals surface area contributed by atoms with E-state index in [1.165, 1.54) is 0 Å². The quantitative estimate of drug-likeness (QED) is 0.592. The number of aliphatic hydroxyl groups is 1. The van der Waals surface area contributed by atoms with Crippen LogP contribution in [0.2, 0.25) is 0 Å². The van der Waals surface area contributed by atoms with Gasteiger partial charge in [-0.3, -0.25) is 9.59 Å². The van der Waals surface area contributed by atoms with Gasteiger partial charge in [0.2, 0.25) is 0 Å². The average Bonchev–Trinajstić information content (AvgIpc) is 2.95. The molecule has 0 aliphatic carbocycles. The van der Waals surface area contributed by atoms with E-state index >= 15 is 0 Å². The lowest BCUT2D eigenvalue weighted by molar-refractivity contribution is -0.139. The maximum Gasteiger partial charge on any atom is 0.309 e. The summed E-state index contributed by atoms with van der Waals surface area (Å²) in [5.74, 6) is -1.38. The molecular formula is C16H21N3O3. The molecule has 1 unspecified atom stereocenters. The highest BCUT2D eigenvalue weighted by molar-refractivity contribution is 6.35. The zero-order valence-corrected chi connectivity index (χ0v) is 12.6. The molecule has 2 aromatic rings. The zero-order valence-electron chi connectivity index (χ0n) is 12.6. The summed E-state index contributed by atoms with van der Waals surface area (Å²) in [6, 6.07) is 7.55. The summed E-state index contributed by atoms with van der Waals surface area (Å²) in [6.45, 7) is 2.03. The number of H-pyrrole nitrogens is 1.